The predicted octanol–water partition coefficient (Wildman–Crippen LogP) is 4.29. The maximum atomic E-state index is 5.39. The van der Waals surface area contributed by atoms with Gasteiger partial charge in [0, 0.05) is 16.2 Å². The Morgan fingerprint density at radius 2 is 1.94 bits per heavy atom. The van der Waals surface area contributed by atoms with E-state index in [1.165, 1.54) is 0 Å². The van der Waals surface area contributed by atoms with Crippen LogP contribution in [0.2, 0.25) is 0 Å². The molecule has 0 bridgehead atoms. The standard InChI is InChI=1S/C14H7BrN2O/c15-12-7-8-5-6-10-13(14(8)16-12)9-3-1-2-4-11(9)18-17-10/h1-7H. The van der Waals surface area contributed by atoms with E-state index in [2.05, 4.69) is 26.1 Å². The van der Waals surface area contributed by atoms with Crippen molar-refractivity contribution >= 4 is 48.7 Å². The summed E-state index contributed by atoms with van der Waals surface area (Å²) in [4.78, 5) is 4.53. The highest BCUT2D eigenvalue weighted by Crippen LogP contribution is 2.31. The van der Waals surface area contributed by atoms with Crippen LogP contribution in [0.15, 0.2) is 51.6 Å². The fraction of sp³-hybridized carbons (Fsp3) is 0. The van der Waals surface area contributed by atoms with Gasteiger partial charge in [-0.15, -0.1) is 0 Å². The molecule has 86 valence electrons. The Labute approximate surface area is 111 Å². The molecule has 2 aromatic heterocycles. The van der Waals surface area contributed by atoms with Crippen molar-refractivity contribution in [2.24, 2.45) is 0 Å². The lowest BCUT2D eigenvalue weighted by atomic mass is 10.1. The topological polar surface area (TPSA) is 38.9 Å². The summed E-state index contributed by atoms with van der Waals surface area (Å²) in [5, 5.41) is 7.32. The summed E-state index contributed by atoms with van der Waals surface area (Å²) in [6, 6.07) is 13.9. The van der Waals surface area contributed by atoms with E-state index in [-0.39, 0.29) is 0 Å². The molecule has 0 unspecified atom stereocenters. The first-order valence-electron chi connectivity index (χ1n) is 5.56. The van der Waals surface area contributed by atoms with E-state index in [4.69, 9.17) is 4.52 Å². The average molecular weight is 299 g/mol. The average Bonchev–Trinajstić information content (AvgIpc) is 2.78. The maximum absolute atomic E-state index is 5.39. The summed E-state index contributed by atoms with van der Waals surface area (Å²) < 4.78 is 6.23. The third kappa shape index (κ3) is 1.29. The molecule has 0 aliphatic heterocycles. The van der Waals surface area contributed by atoms with Crippen molar-refractivity contribution in [3.63, 3.8) is 0 Å². The van der Waals surface area contributed by atoms with Gasteiger partial charge in [-0.1, -0.05) is 29.4 Å². The number of nitrogens with zero attached hydrogens (tertiary/aromatic N) is 2. The summed E-state index contributed by atoms with van der Waals surface area (Å²) in [5.41, 5.74) is 2.56. The Balaban J connectivity index is 2.37. The fourth-order valence-corrected chi connectivity index (χ4v) is 2.72. The van der Waals surface area contributed by atoms with Crippen molar-refractivity contribution in [3.8, 4) is 0 Å². The molecular formula is C14H7BrN2O. The summed E-state index contributed by atoms with van der Waals surface area (Å²) in [5.74, 6) is 0. The second kappa shape index (κ2) is 3.53. The highest BCUT2D eigenvalue weighted by atomic mass is 79.9. The van der Waals surface area contributed by atoms with Crippen LogP contribution in [0.1, 0.15) is 0 Å². The summed E-state index contributed by atoms with van der Waals surface area (Å²) >= 11 is 3.42. The first-order chi connectivity index (χ1) is 8.83. The van der Waals surface area contributed by atoms with Crippen LogP contribution in [-0.4, -0.2) is 10.1 Å². The van der Waals surface area contributed by atoms with Gasteiger partial charge in [0.05, 0.1) is 5.52 Å². The highest BCUT2D eigenvalue weighted by Gasteiger charge is 2.10. The molecule has 3 nitrogen and oxygen atoms in total. The SMILES string of the molecule is Brc1cc2ccc3noc4ccccc4c3c2n1. The molecule has 2 heterocycles. The molecule has 0 radical (unpaired) electrons. The van der Waals surface area contributed by atoms with E-state index in [1.54, 1.807) is 0 Å². The van der Waals surface area contributed by atoms with Crippen molar-refractivity contribution in [1.82, 2.24) is 10.1 Å². The smallest absolute Gasteiger partial charge is 0.165 e. The fourth-order valence-electron chi connectivity index (χ4n) is 2.29. The Hall–Kier alpha value is -1.94. The molecule has 2 aromatic carbocycles. The van der Waals surface area contributed by atoms with Gasteiger partial charge in [0.25, 0.3) is 0 Å². The molecule has 0 atom stereocenters. The van der Waals surface area contributed by atoms with Gasteiger partial charge in [-0.25, -0.2) is 4.98 Å². The van der Waals surface area contributed by atoms with Gasteiger partial charge in [-0.2, -0.15) is 0 Å². The van der Waals surface area contributed by atoms with Crippen LogP contribution < -0.4 is 0 Å². The molecule has 4 heteroatoms. The van der Waals surface area contributed by atoms with Crippen LogP contribution in [0.5, 0.6) is 0 Å². The quantitative estimate of drug-likeness (QED) is 0.455. The third-order valence-corrected chi connectivity index (χ3v) is 3.49. The van der Waals surface area contributed by atoms with Gasteiger partial charge in [-0.05, 0) is 34.1 Å². The Morgan fingerprint density at radius 1 is 1.06 bits per heavy atom. The number of benzene rings is 2. The van der Waals surface area contributed by atoms with Crippen molar-refractivity contribution in [1.29, 1.82) is 0 Å². The van der Waals surface area contributed by atoms with Gasteiger partial charge in [0.2, 0.25) is 0 Å². The number of para-hydroxylation sites is 1. The van der Waals surface area contributed by atoms with Gasteiger partial charge in [0.1, 0.15) is 10.1 Å². The van der Waals surface area contributed by atoms with Crippen LogP contribution in [0.4, 0.5) is 0 Å². The van der Waals surface area contributed by atoms with E-state index in [1.807, 2.05) is 42.5 Å². The first-order valence-corrected chi connectivity index (χ1v) is 6.35. The minimum absolute atomic E-state index is 0.775. The molecule has 0 N–H and O–H groups in total. The minimum Gasteiger partial charge on any atom is -0.356 e. The maximum Gasteiger partial charge on any atom is 0.165 e. The second-order valence-corrected chi connectivity index (χ2v) is 4.97. The van der Waals surface area contributed by atoms with Crippen LogP contribution in [0.25, 0.3) is 32.8 Å². The van der Waals surface area contributed by atoms with E-state index in [0.717, 1.165) is 37.4 Å². The lowest BCUT2D eigenvalue weighted by molar-refractivity contribution is 0.455. The number of aromatic nitrogens is 2. The summed E-state index contributed by atoms with van der Waals surface area (Å²) in [7, 11) is 0. The van der Waals surface area contributed by atoms with Crippen molar-refractivity contribution in [2.75, 3.05) is 0 Å². The number of hydrogen-bond acceptors (Lipinski definition) is 3. The molecule has 0 saturated carbocycles. The second-order valence-electron chi connectivity index (χ2n) is 4.16. The van der Waals surface area contributed by atoms with Crippen LogP contribution in [0.3, 0.4) is 0 Å². The number of rotatable bonds is 0. The van der Waals surface area contributed by atoms with E-state index in [9.17, 15) is 0 Å². The Morgan fingerprint density at radius 3 is 2.89 bits per heavy atom. The summed E-state index contributed by atoms with van der Waals surface area (Å²) in [6.45, 7) is 0. The van der Waals surface area contributed by atoms with Crippen LogP contribution in [-0.2, 0) is 0 Å². The minimum atomic E-state index is 0.775. The molecule has 4 aromatic rings. The molecule has 4 rings (SSSR count). The van der Waals surface area contributed by atoms with Gasteiger partial charge in [-0.3, -0.25) is 0 Å². The van der Waals surface area contributed by atoms with Crippen molar-refractivity contribution in [2.45, 2.75) is 0 Å². The Bertz CT molecular complexity index is 898. The van der Waals surface area contributed by atoms with E-state index >= 15 is 0 Å². The zero-order chi connectivity index (χ0) is 12.1. The number of hydrogen-bond donors (Lipinski definition) is 0. The normalized spacial score (nSPS) is 11.6. The molecule has 0 aliphatic carbocycles. The van der Waals surface area contributed by atoms with Crippen LogP contribution in [0, 0.1) is 0 Å². The molecule has 18 heavy (non-hydrogen) atoms. The Kier molecular flexibility index (Phi) is 1.96. The number of fused-ring (bicyclic) bond motifs is 5. The summed E-state index contributed by atoms with van der Waals surface area (Å²) in [6.07, 6.45) is 0. The van der Waals surface area contributed by atoms with E-state index in [0.29, 0.717) is 0 Å². The van der Waals surface area contributed by atoms with Crippen molar-refractivity contribution < 1.29 is 4.52 Å². The largest absolute Gasteiger partial charge is 0.356 e. The molecule has 0 fully saturated rings. The van der Waals surface area contributed by atoms with Crippen molar-refractivity contribution in [3.05, 3.63) is 47.1 Å². The molecule has 0 saturated heterocycles. The number of halogens is 1. The van der Waals surface area contributed by atoms with Gasteiger partial charge < -0.3 is 4.52 Å². The zero-order valence-electron chi connectivity index (χ0n) is 9.22. The molecule has 0 spiro atoms. The van der Waals surface area contributed by atoms with Crippen LogP contribution >= 0.6 is 15.9 Å². The molecule has 0 aliphatic rings. The lowest BCUT2D eigenvalue weighted by Crippen LogP contribution is -1.83. The monoisotopic (exact) mass is 298 g/mol. The highest BCUT2D eigenvalue weighted by molar-refractivity contribution is 9.10. The molecule has 0 amide bonds. The zero-order valence-corrected chi connectivity index (χ0v) is 10.8. The predicted molar refractivity (Wildman–Crippen MR) is 74.5 cm³/mol. The van der Waals surface area contributed by atoms with Gasteiger partial charge in [0.15, 0.2) is 5.58 Å². The third-order valence-electron chi connectivity index (χ3n) is 3.08. The molecular weight excluding hydrogens is 292 g/mol. The van der Waals surface area contributed by atoms with Gasteiger partial charge >= 0.3 is 0 Å². The van der Waals surface area contributed by atoms with E-state index < -0.39 is 0 Å². The first kappa shape index (κ1) is 10.0. The lowest BCUT2D eigenvalue weighted by Gasteiger charge is -2.02.